The van der Waals surface area contributed by atoms with Gasteiger partial charge in [-0.05, 0) is 75.2 Å². The van der Waals surface area contributed by atoms with Gasteiger partial charge in [-0.1, -0.05) is 18.2 Å². The third-order valence-electron chi connectivity index (χ3n) is 6.74. The number of amides is 1. The average Bonchev–Trinajstić information content (AvgIpc) is 3.38. The second-order valence-corrected chi connectivity index (χ2v) is 8.57. The highest BCUT2D eigenvalue weighted by atomic mass is 16.5. The fourth-order valence-corrected chi connectivity index (χ4v) is 4.97. The molecule has 3 aromatic rings. The van der Waals surface area contributed by atoms with Crippen molar-refractivity contribution in [1.29, 1.82) is 0 Å². The molecule has 0 radical (unpaired) electrons. The summed E-state index contributed by atoms with van der Waals surface area (Å²) in [7, 11) is 1.66. The molecule has 0 atom stereocenters. The van der Waals surface area contributed by atoms with Gasteiger partial charge in [0, 0.05) is 30.1 Å². The number of likely N-dealkylation sites (tertiary alicyclic amines) is 2. The lowest BCUT2D eigenvalue weighted by molar-refractivity contribution is 0.0646. The van der Waals surface area contributed by atoms with Crippen molar-refractivity contribution in [3.63, 3.8) is 0 Å². The van der Waals surface area contributed by atoms with Crippen molar-refractivity contribution in [1.82, 2.24) is 14.8 Å². The molecule has 2 aromatic carbocycles. The number of methoxy groups -OCH3 is 1. The molecule has 0 spiro atoms. The van der Waals surface area contributed by atoms with Gasteiger partial charge in [0.15, 0.2) is 0 Å². The second kappa shape index (κ2) is 8.67. The van der Waals surface area contributed by atoms with Crippen molar-refractivity contribution in [3.05, 3.63) is 60.2 Å². The molecule has 1 amide bonds. The summed E-state index contributed by atoms with van der Waals surface area (Å²) in [6.07, 6.45) is 4.77. The highest BCUT2D eigenvalue weighted by Crippen LogP contribution is 2.28. The molecule has 0 saturated carbocycles. The predicted octanol–water partition coefficient (Wildman–Crippen LogP) is 4.61. The Kier molecular flexibility index (Phi) is 5.60. The van der Waals surface area contributed by atoms with Crippen molar-refractivity contribution in [2.45, 2.75) is 31.7 Å². The fourth-order valence-electron chi connectivity index (χ4n) is 4.97. The van der Waals surface area contributed by atoms with Crippen molar-refractivity contribution >= 4 is 16.8 Å². The first kappa shape index (κ1) is 20.0. The van der Waals surface area contributed by atoms with Crippen LogP contribution in [0.4, 0.5) is 0 Å². The lowest BCUT2D eigenvalue weighted by Crippen LogP contribution is -2.46. The van der Waals surface area contributed by atoms with E-state index in [0.29, 0.717) is 6.04 Å². The zero-order valence-corrected chi connectivity index (χ0v) is 18.1. The summed E-state index contributed by atoms with van der Waals surface area (Å²) in [6, 6.07) is 18.4. The molecule has 0 bridgehead atoms. The number of para-hydroxylation sites is 1. The zero-order valence-electron chi connectivity index (χ0n) is 18.1. The number of benzene rings is 2. The minimum absolute atomic E-state index is 0.119. The van der Waals surface area contributed by atoms with Crippen molar-refractivity contribution in [2.75, 3.05) is 33.3 Å². The monoisotopic (exact) mass is 415 g/mol. The molecule has 2 fully saturated rings. The molecule has 31 heavy (non-hydrogen) atoms. The fraction of sp³-hybridized carbons (Fsp3) is 0.385. The number of piperidine rings is 1. The zero-order chi connectivity index (χ0) is 21.2. The number of hydrogen-bond donors (Lipinski definition) is 0. The van der Waals surface area contributed by atoms with Crippen LogP contribution in [-0.4, -0.2) is 60.0 Å². The summed E-state index contributed by atoms with van der Waals surface area (Å²) in [5.41, 5.74) is 3.40. The first-order valence-corrected chi connectivity index (χ1v) is 11.3. The molecule has 2 aliphatic heterocycles. The third kappa shape index (κ3) is 4.02. The van der Waals surface area contributed by atoms with E-state index >= 15 is 0 Å². The summed E-state index contributed by atoms with van der Waals surface area (Å²) in [5, 5.41) is 0.923. The number of rotatable bonds is 4. The maximum absolute atomic E-state index is 13.6. The van der Waals surface area contributed by atoms with Gasteiger partial charge >= 0.3 is 0 Å². The molecular weight excluding hydrogens is 386 g/mol. The topological polar surface area (TPSA) is 45.7 Å². The average molecular weight is 416 g/mol. The van der Waals surface area contributed by atoms with Crippen molar-refractivity contribution in [3.8, 4) is 17.0 Å². The molecule has 5 rings (SSSR count). The van der Waals surface area contributed by atoms with Gasteiger partial charge in [0.1, 0.15) is 5.75 Å². The Morgan fingerprint density at radius 2 is 1.68 bits per heavy atom. The van der Waals surface area contributed by atoms with E-state index in [1.165, 1.54) is 25.9 Å². The SMILES string of the molecule is COc1ccc(-c2cc(C(=O)N3CCC(N4CCCC4)CC3)c3ccccc3n2)cc1. The van der Waals surface area contributed by atoms with Crippen LogP contribution in [0.15, 0.2) is 54.6 Å². The van der Waals surface area contributed by atoms with Gasteiger partial charge in [-0.25, -0.2) is 4.98 Å². The summed E-state index contributed by atoms with van der Waals surface area (Å²) >= 11 is 0. The lowest BCUT2D eigenvalue weighted by Gasteiger charge is -2.36. The number of fused-ring (bicyclic) bond motifs is 1. The number of carbonyl (C=O) groups excluding carboxylic acids is 1. The predicted molar refractivity (Wildman–Crippen MR) is 123 cm³/mol. The minimum atomic E-state index is 0.119. The number of pyridine rings is 1. The molecule has 0 N–H and O–H groups in total. The second-order valence-electron chi connectivity index (χ2n) is 8.57. The van der Waals surface area contributed by atoms with Crippen LogP contribution in [0.3, 0.4) is 0 Å². The van der Waals surface area contributed by atoms with E-state index in [1.54, 1.807) is 7.11 Å². The van der Waals surface area contributed by atoms with Gasteiger partial charge in [0.25, 0.3) is 5.91 Å². The quantitative estimate of drug-likeness (QED) is 0.624. The minimum Gasteiger partial charge on any atom is -0.497 e. The van der Waals surface area contributed by atoms with Crippen LogP contribution in [0, 0.1) is 0 Å². The molecule has 5 nitrogen and oxygen atoms in total. The number of ether oxygens (including phenoxy) is 1. The van der Waals surface area contributed by atoms with E-state index in [0.717, 1.165) is 59.4 Å². The van der Waals surface area contributed by atoms with Crippen molar-refractivity contribution in [2.24, 2.45) is 0 Å². The number of nitrogens with zero attached hydrogens (tertiary/aromatic N) is 3. The Balaban J connectivity index is 1.43. The highest BCUT2D eigenvalue weighted by Gasteiger charge is 2.29. The molecule has 160 valence electrons. The van der Waals surface area contributed by atoms with Gasteiger partial charge in [-0.15, -0.1) is 0 Å². The maximum Gasteiger partial charge on any atom is 0.254 e. The summed E-state index contributed by atoms with van der Waals surface area (Å²) in [4.78, 5) is 23.1. The van der Waals surface area contributed by atoms with Gasteiger partial charge < -0.3 is 14.5 Å². The smallest absolute Gasteiger partial charge is 0.254 e. The maximum atomic E-state index is 13.6. The van der Waals surface area contributed by atoms with Gasteiger partial charge in [0.05, 0.1) is 23.9 Å². The number of hydrogen-bond acceptors (Lipinski definition) is 4. The normalized spacial score (nSPS) is 17.9. The van der Waals surface area contributed by atoms with Gasteiger partial charge in [-0.3, -0.25) is 4.79 Å². The summed E-state index contributed by atoms with van der Waals surface area (Å²) in [6.45, 7) is 4.10. The van der Waals surface area contributed by atoms with E-state index in [-0.39, 0.29) is 5.91 Å². The third-order valence-corrected chi connectivity index (χ3v) is 6.74. The molecule has 2 aliphatic rings. The Labute approximate surface area is 183 Å². The molecular formula is C26H29N3O2. The van der Waals surface area contributed by atoms with Crippen LogP contribution in [0.2, 0.25) is 0 Å². The Morgan fingerprint density at radius 3 is 2.39 bits per heavy atom. The lowest BCUT2D eigenvalue weighted by atomic mass is 10.00. The van der Waals surface area contributed by atoms with Gasteiger partial charge in [-0.2, -0.15) is 0 Å². The Bertz CT molecular complexity index is 1070. The summed E-state index contributed by atoms with van der Waals surface area (Å²) in [5.74, 6) is 0.926. The Hall–Kier alpha value is -2.92. The van der Waals surface area contributed by atoms with Crippen LogP contribution in [0.1, 0.15) is 36.0 Å². The van der Waals surface area contributed by atoms with Crippen molar-refractivity contribution < 1.29 is 9.53 Å². The Morgan fingerprint density at radius 1 is 0.968 bits per heavy atom. The van der Waals surface area contributed by atoms with E-state index in [4.69, 9.17) is 9.72 Å². The standard InChI is InChI=1S/C26H29N3O2/c1-31-21-10-8-19(9-11-21)25-18-23(22-6-2-3-7-24(22)27-25)26(30)29-16-12-20(13-17-29)28-14-4-5-15-28/h2-3,6-11,18,20H,4-5,12-17H2,1H3. The highest BCUT2D eigenvalue weighted by molar-refractivity contribution is 6.07. The van der Waals surface area contributed by atoms with E-state index in [9.17, 15) is 4.79 Å². The van der Waals surface area contributed by atoms with E-state index < -0.39 is 0 Å². The van der Waals surface area contributed by atoms with Crippen LogP contribution in [0.5, 0.6) is 5.75 Å². The molecule has 0 unspecified atom stereocenters. The van der Waals surface area contributed by atoms with Crippen LogP contribution in [-0.2, 0) is 0 Å². The molecule has 2 saturated heterocycles. The number of carbonyl (C=O) groups is 1. The molecule has 5 heteroatoms. The van der Waals surface area contributed by atoms with E-state index in [1.807, 2.05) is 59.5 Å². The molecule has 0 aliphatic carbocycles. The van der Waals surface area contributed by atoms with Gasteiger partial charge in [0.2, 0.25) is 0 Å². The summed E-state index contributed by atoms with van der Waals surface area (Å²) < 4.78 is 5.28. The van der Waals surface area contributed by atoms with Crippen LogP contribution in [0.25, 0.3) is 22.2 Å². The molecule has 3 heterocycles. The van der Waals surface area contributed by atoms with Crippen LogP contribution >= 0.6 is 0 Å². The first-order chi connectivity index (χ1) is 15.2. The first-order valence-electron chi connectivity index (χ1n) is 11.3. The van der Waals surface area contributed by atoms with E-state index in [2.05, 4.69) is 4.90 Å². The molecule has 1 aromatic heterocycles. The largest absolute Gasteiger partial charge is 0.497 e. The number of aromatic nitrogens is 1. The van der Waals surface area contributed by atoms with Crippen LogP contribution < -0.4 is 4.74 Å².